The van der Waals surface area contributed by atoms with Gasteiger partial charge in [0.15, 0.2) is 0 Å². The molecule has 0 aliphatic carbocycles. The van der Waals surface area contributed by atoms with Crippen molar-refractivity contribution < 1.29 is 9.53 Å². The number of hydrogen-bond acceptors (Lipinski definition) is 8. The first-order valence-corrected chi connectivity index (χ1v) is 9.63. The minimum Gasteiger partial charge on any atom is -0.462 e. The number of anilines is 1. The van der Waals surface area contributed by atoms with Crippen molar-refractivity contribution in [3.63, 3.8) is 0 Å². The lowest BCUT2D eigenvalue weighted by atomic mass is 9.98. The summed E-state index contributed by atoms with van der Waals surface area (Å²) in [5.41, 5.74) is 6.54. The number of nitrogens with two attached hydrogens (primary N) is 1. The lowest BCUT2D eigenvalue weighted by Crippen LogP contribution is -2.53. The van der Waals surface area contributed by atoms with Gasteiger partial charge < -0.3 is 26.0 Å². The van der Waals surface area contributed by atoms with Crippen molar-refractivity contribution in [2.45, 2.75) is 50.7 Å². The van der Waals surface area contributed by atoms with Gasteiger partial charge in [-0.15, -0.1) is 0 Å². The molecule has 0 radical (unpaired) electrons. The number of nitrogens with zero attached hydrogens (tertiary/aromatic N) is 3. The molecule has 0 bridgehead atoms. The zero-order valence-corrected chi connectivity index (χ0v) is 15.5. The van der Waals surface area contributed by atoms with Gasteiger partial charge in [-0.1, -0.05) is 0 Å². The maximum atomic E-state index is 11.8. The Hall–Kier alpha value is -1.77. The van der Waals surface area contributed by atoms with E-state index in [1.54, 1.807) is 19.3 Å². The summed E-state index contributed by atoms with van der Waals surface area (Å²) in [6, 6.07) is 0.981. The molecule has 2 saturated heterocycles. The topological polar surface area (TPSA) is 105 Å². The molecule has 4 N–H and O–H groups in total. The van der Waals surface area contributed by atoms with E-state index in [0.29, 0.717) is 30.2 Å². The highest BCUT2D eigenvalue weighted by atomic mass is 16.5. The molecule has 0 saturated carbocycles. The van der Waals surface area contributed by atoms with Crippen LogP contribution < -0.4 is 21.3 Å². The summed E-state index contributed by atoms with van der Waals surface area (Å²) in [5.74, 6) is 0.290. The molecule has 2 fully saturated rings. The number of carbonyl (C=O) groups is 1. The molecule has 2 aliphatic rings. The SMILES string of the molecule is CCOC(=O)c1cnc(N(CC2CC(N)CCN2)C2CCNCC2)nc1. The second kappa shape index (κ2) is 9.25. The van der Waals surface area contributed by atoms with Gasteiger partial charge in [-0.2, -0.15) is 0 Å². The molecular weight excluding hydrogens is 332 g/mol. The van der Waals surface area contributed by atoms with E-state index in [1.807, 2.05) is 0 Å². The van der Waals surface area contributed by atoms with Gasteiger partial charge in [0.1, 0.15) is 0 Å². The Kier molecular flexibility index (Phi) is 6.76. The van der Waals surface area contributed by atoms with Crippen LogP contribution in [-0.4, -0.2) is 66.8 Å². The summed E-state index contributed by atoms with van der Waals surface area (Å²) < 4.78 is 5.01. The van der Waals surface area contributed by atoms with Gasteiger partial charge in [-0.3, -0.25) is 0 Å². The van der Waals surface area contributed by atoms with Crippen LogP contribution in [0.1, 0.15) is 43.0 Å². The van der Waals surface area contributed by atoms with Crippen LogP contribution in [-0.2, 0) is 4.74 Å². The lowest BCUT2D eigenvalue weighted by molar-refractivity contribution is 0.0525. The van der Waals surface area contributed by atoms with Crippen LogP contribution in [0.4, 0.5) is 5.95 Å². The molecule has 2 atom stereocenters. The highest BCUT2D eigenvalue weighted by Gasteiger charge is 2.28. The standard InChI is InChI=1S/C18H30N6O2/c1-2-26-17(25)13-10-22-18(23-11-13)24(16-4-6-20-7-5-16)12-15-9-14(19)3-8-21-15/h10-11,14-16,20-21H,2-9,12,19H2,1H3. The van der Waals surface area contributed by atoms with E-state index in [-0.39, 0.29) is 12.0 Å². The Morgan fingerprint density at radius 1 is 1.27 bits per heavy atom. The number of ether oxygens (including phenoxy) is 1. The molecule has 2 aliphatic heterocycles. The highest BCUT2D eigenvalue weighted by Crippen LogP contribution is 2.20. The van der Waals surface area contributed by atoms with E-state index < -0.39 is 0 Å². The van der Waals surface area contributed by atoms with Crippen LogP contribution >= 0.6 is 0 Å². The Morgan fingerprint density at radius 2 is 2.00 bits per heavy atom. The largest absolute Gasteiger partial charge is 0.462 e. The molecule has 0 aromatic carbocycles. The normalized spacial score (nSPS) is 24.2. The number of aromatic nitrogens is 2. The van der Waals surface area contributed by atoms with Crippen molar-refractivity contribution in [3.05, 3.63) is 18.0 Å². The number of hydrogen-bond donors (Lipinski definition) is 3. The quantitative estimate of drug-likeness (QED) is 0.620. The first kappa shape index (κ1) is 19.0. The Balaban J connectivity index is 1.74. The first-order valence-electron chi connectivity index (χ1n) is 9.63. The van der Waals surface area contributed by atoms with Crippen molar-refractivity contribution in [3.8, 4) is 0 Å². The van der Waals surface area contributed by atoms with Gasteiger partial charge in [0.25, 0.3) is 0 Å². The molecule has 1 aromatic heterocycles. The summed E-state index contributed by atoms with van der Waals surface area (Å²) >= 11 is 0. The smallest absolute Gasteiger partial charge is 0.341 e. The van der Waals surface area contributed by atoms with Gasteiger partial charge in [-0.25, -0.2) is 14.8 Å². The fourth-order valence-electron chi connectivity index (χ4n) is 3.72. The average molecular weight is 362 g/mol. The minimum atomic E-state index is -0.382. The molecule has 26 heavy (non-hydrogen) atoms. The Morgan fingerprint density at radius 3 is 2.65 bits per heavy atom. The number of esters is 1. The van der Waals surface area contributed by atoms with Crippen LogP contribution in [0.2, 0.25) is 0 Å². The number of nitrogens with one attached hydrogen (secondary N) is 2. The van der Waals surface area contributed by atoms with Gasteiger partial charge >= 0.3 is 5.97 Å². The monoisotopic (exact) mass is 362 g/mol. The third kappa shape index (κ3) is 4.90. The molecule has 8 heteroatoms. The number of carbonyl (C=O) groups excluding carboxylic acids is 1. The van der Waals surface area contributed by atoms with Gasteiger partial charge in [0.05, 0.1) is 12.2 Å². The van der Waals surface area contributed by atoms with Crippen molar-refractivity contribution in [2.75, 3.05) is 37.7 Å². The van der Waals surface area contributed by atoms with Gasteiger partial charge in [0.2, 0.25) is 5.95 Å². The number of rotatable bonds is 6. The molecule has 8 nitrogen and oxygen atoms in total. The average Bonchev–Trinajstić information content (AvgIpc) is 2.67. The van der Waals surface area contributed by atoms with E-state index in [2.05, 4.69) is 25.5 Å². The maximum absolute atomic E-state index is 11.8. The Labute approximate surface area is 154 Å². The summed E-state index contributed by atoms with van der Waals surface area (Å²) in [6.07, 6.45) is 7.23. The molecule has 3 heterocycles. The predicted molar refractivity (Wildman–Crippen MR) is 100 cm³/mol. The van der Waals surface area contributed by atoms with Crippen LogP contribution in [0, 0.1) is 0 Å². The molecule has 144 valence electrons. The molecule has 2 unspecified atom stereocenters. The van der Waals surface area contributed by atoms with E-state index >= 15 is 0 Å². The van der Waals surface area contributed by atoms with E-state index in [4.69, 9.17) is 10.5 Å². The van der Waals surface area contributed by atoms with E-state index in [9.17, 15) is 4.79 Å². The third-order valence-corrected chi connectivity index (χ3v) is 5.11. The summed E-state index contributed by atoms with van der Waals surface area (Å²) in [6.45, 7) is 5.91. The molecule has 0 amide bonds. The van der Waals surface area contributed by atoms with Crippen LogP contribution in [0.5, 0.6) is 0 Å². The fourth-order valence-corrected chi connectivity index (χ4v) is 3.72. The summed E-state index contributed by atoms with van der Waals surface area (Å²) in [7, 11) is 0. The molecule has 1 aromatic rings. The second-order valence-corrected chi connectivity index (χ2v) is 7.06. The van der Waals surface area contributed by atoms with E-state index in [0.717, 1.165) is 51.9 Å². The van der Waals surface area contributed by atoms with Crippen LogP contribution in [0.15, 0.2) is 12.4 Å². The minimum absolute atomic E-state index is 0.253. The van der Waals surface area contributed by atoms with Crippen LogP contribution in [0.3, 0.4) is 0 Å². The Bertz CT molecular complexity index is 576. The third-order valence-electron chi connectivity index (χ3n) is 5.11. The van der Waals surface area contributed by atoms with E-state index in [1.165, 1.54) is 0 Å². The maximum Gasteiger partial charge on any atom is 0.341 e. The number of piperidine rings is 2. The zero-order valence-electron chi connectivity index (χ0n) is 15.5. The summed E-state index contributed by atoms with van der Waals surface area (Å²) in [4.78, 5) is 23.1. The molecular formula is C18H30N6O2. The van der Waals surface area contributed by atoms with Gasteiger partial charge in [-0.05, 0) is 52.2 Å². The van der Waals surface area contributed by atoms with Crippen molar-refractivity contribution >= 4 is 11.9 Å². The second-order valence-electron chi connectivity index (χ2n) is 7.06. The van der Waals surface area contributed by atoms with Crippen molar-refractivity contribution in [1.82, 2.24) is 20.6 Å². The highest BCUT2D eigenvalue weighted by molar-refractivity contribution is 5.88. The lowest BCUT2D eigenvalue weighted by Gasteiger charge is -2.39. The molecule has 0 spiro atoms. The fraction of sp³-hybridized carbons (Fsp3) is 0.722. The zero-order chi connectivity index (χ0) is 18.4. The molecule has 3 rings (SSSR count). The van der Waals surface area contributed by atoms with Crippen LogP contribution in [0.25, 0.3) is 0 Å². The van der Waals surface area contributed by atoms with Crippen molar-refractivity contribution in [2.24, 2.45) is 5.73 Å². The summed E-state index contributed by atoms with van der Waals surface area (Å²) in [5, 5.41) is 6.97. The first-order chi connectivity index (χ1) is 12.7. The predicted octanol–water partition coefficient (Wildman–Crippen LogP) is 0.291. The van der Waals surface area contributed by atoms with Gasteiger partial charge in [0, 0.05) is 37.1 Å². The van der Waals surface area contributed by atoms with Crippen molar-refractivity contribution in [1.29, 1.82) is 0 Å².